The molecule has 1 fully saturated rings. The maximum Gasteiger partial charge on any atom is 0.451 e. The predicted molar refractivity (Wildman–Crippen MR) is 91.8 cm³/mol. The first-order chi connectivity index (χ1) is 14.6. The summed E-state index contributed by atoms with van der Waals surface area (Å²) in [6.07, 6.45) is -5.21. The van der Waals surface area contributed by atoms with Crippen LogP contribution in [-0.2, 0) is 28.7 Å². The molecule has 4 rings (SSSR count). The van der Waals surface area contributed by atoms with Crippen LogP contribution >= 0.6 is 0 Å². The number of halogens is 6. The number of hydrogen-bond donors (Lipinski definition) is 1. The number of carbonyl (C=O) groups excluding carboxylic acids is 1. The zero-order valence-electron chi connectivity index (χ0n) is 15.9. The van der Waals surface area contributed by atoms with Gasteiger partial charge in [-0.05, 0) is 18.1 Å². The van der Waals surface area contributed by atoms with Crippen molar-refractivity contribution in [2.45, 2.75) is 43.7 Å². The fourth-order valence-electron chi connectivity index (χ4n) is 4.01. The summed E-state index contributed by atoms with van der Waals surface area (Å²) >= 11 is 0. The standard InChI is InChI=1S/C18H17F6N5O2/c19-11-4-13(21)12(20)2-8(11)1-9(25)3-15(30)29-10-5-28-16(14(29)7-31-6-10)26-27-17(28)18(22,23)24/h2,4,9-10,14H,1,3,5-7,25H2/t9-,10-,14+/m1/s1. The van der Waals surface area contributed by atoms with Gasteiger partial charge in [-0.25, -0.2) is 13.2 Å². The molecule has 2 aliphatic heterocycles. The van der Waals surface area contributed by atoms with Crippen molar-refractivity contribution < 1.29 is 35.9 Å². The molecule has 2 bridgehead atoms. The summed E-state index contributed by atoms with van der Waals surface area (Å²) in [5.41, 5.74) is 5.75. The second-order valence-corrected chi connectivity index (χ2v) is 7.52. The Morgan fingerprint density at radius 1 is 1.16 bits per heavy atom. The van der Waals surface area contributed by atoms with Gasteiger partial charge in [-0.15, -0.1) is 10.2 Å². The van der Waals surface area contributed by atoms with Gasteiger partial charge in [0.15, 0.2) is 17.5 Å². The molecule has 0 aliphatic carbocycles. The van der Waals surface area contributed by atoms with Crippen LogP contribution in [0.2, 0.25) is 0 Å². The van der Waals surface area contributed by atoms with Gasteiger partial charge in [0.2, 0.25) is 11.7 Å². The number of fused-ring (bicyclic) bond motifs is 4. The second kappa shape index (κ2) is 7.79. The van der Waals surface area contributed by atoms with Gasteiger partial charge in [0.05, 0.1) is 19.3 Å². The largest absolute Gasteiger partial charge is 0.451 e. The van der Waals surface area contributed by atoms with E-state index >= 15 is 0 Å². The highest BCUT2D eigenvalue weighted by Gasteiger charge is 2.47. The van der Waals surface area contributed by atoms with E-state index in [1.807, 2.05) is 0 Å². The van der Waals surface area contributed by atoms with Crippen LogP contribution in [0.3, 0.4) is 0 Å². The molecule has 0 spiro atoms. The van der Waals surface area contributed by atoms with Crippen LogP contribution in [0.15, 0.2) is 12.1 Å². The van der Waals surface area contributed by atoms with Crippen molar-refractivity contribution in [3.8, 4) is 0 Å². The van der Waals surface area contributed by atoms with Crippen molar-refractivity contribution in [2.75, 3.05) is 13.2 Å². The summed E-state index contributed by atoms with van der Waals surface area (Å²) in [6, 6.07) is -1.42. The average Bonchev–Trinajstić information content (AvgIpc) is 3.09. The molecule has 3 atom stereocenters. The summed E-state index contributed by atoms with van der Waals surface area (Å²) in [5.74, 6) is -5.24. The van der Waals surface area contributed by atoms with Crippen molar-refractivity contribution in [1.29, 1.82) is 0 Å². The SMILES string of the molecule is N[C@@H](CC(=O)N1[C@H]2COC[C@H]1c1nnc(C(F)(F)F)n1C2)Cc1cc(F)c(F)cc1F. The lowest BCUT2D eigenvalue weighted by molar-refractivity contribution is -0.156. The van der Waals surface area contributed by atoms with E-state index in [2.05, 4.69) is 10.2 Å². The number of alkyl halides is 3. The Bertz CT molecular complexity index is 1010. The van der Waals surface area contributed by atoms with Crippen molar-refractivity contribution in [3.05, 3.63) is 46.8 Å². The minimum absolute atomic E-state index is 0.0181. The molecule has 1 aromatic heterocycles. The average molecular weight is 449 g/mol. The van der Waals surface area contributed by atoms with Crippen LogP contribution in [0.4, 0.5) is 26.3 Å². The zero-order chi connectivity index (χ0) is 22.5. The van der Waals surface area contributed by atoms with Crippen LogP contribution in [0.5, 0.6) is 0 Å². The molecule has 7 nitrogen and oxygen atoms in total. The van der Waals surface area contributed by atoms with Crippen LogP contribution < -0.4 is 5.73 Å². The fourth-order valence-corrected chi connectivity index (χ4v) is 4.01. The molecule has 0 saturated carbocycles. The molecule has 13 heteroatoms. The highest BCUT2D eigenvalue weighted by molar-refractivity contribution is 5.78. The van der Waals surface area contributed by atoms with Crippen LogP contribution in [0.25, 0.3) is 0 Å². The zero-order valence-corrected chi connectivity index (χ0v) is 15.9. The van der Waals surface area contributed by atoms with Gasteiger partial charge in [0.1, 0.15) is 11.9 Å². The van der Waals surface area contributed by atoms with Gasteiger partial charge in [0, 0.05) is 25.1 Å². The summed E-state index contributed by atoms with van der Waals surface area (Å²) in [6.45, 7) is -0.248. The van der Waals surface area contributed by atoms with Gasteiger partial charge in [-0.3, -0.25) is 4.79 Å². The number of benzene rings is 1. The Hall–Kier alpha value is -2.67. The third kappa shape index (κ3) is 3.99. The quantitative estimate of drug-likeness (QED) is 0.570. The summed E-state index contributed by atoms with van der Waals surface area (Å²) < 4.78 is 86.2. The topological polar surface area (TPSA) is 86.3 Å². The number of carbonyl (C=O) groups is 1. The van der Waals surface area contributed by atoms with E-state index in [0.717, 1.165) is 4.57 Å². The Morgan fingerprint density at radius 3 is 2.58 bits per heavy atom. The maximum absolute atomic E-state index is 13.9. The molecule has 3 heterocycles. The van der Waals surface area contributed by atoms with E-state index in [-0.39, 0.29) is 44.0 Å². The van der Waals surface area contributed by atoms with Crippen molar-refractivity contribution in [2.24, 2.45) is 5.73 Å². The maximum atomic E-state index is 13.9. The summed E-state index contributed by atoms with van der Waals surface area (Å²) in [5, 5.41) is 6.84. The number of rotatable bonds is 4. The molecule has 31 heavy (non-hydrogen) atoms. The molecule has 168 valence electrons. The van der Waals surface area contributed by atoms with Crippen LogP contribution in [0.1, 0.15) is 29.7 Å². The molecule has 1 aromatic carbocycles. The number of hydrogen-bond acceptors (Lipinski definition) is 5. The summed E-state index contributed by atoms with van der Waals surface area (Å²) in [4.78, 5) is 14.3. The second-order valence-electron chi connectivity index (χ2n) is 7.52. The number of aromatic nitrogens is 3. The lowest BCUT2D eigenvalue weighted by Crippen LogP contribution is -2.57. The Balaban J connectivity index is 1.51. The lowest BCUT2D eigenvalue weighted by atomic mass is 9.99. The third-order valence-corrected chi connectivity index (χ3v) is 5.34. The molecular weight excluding hydrogens is 432 g/mol. The molecule has 2 N–H and O–H groups in total. The number of nitrogens with two attached hydrogens (primary N) is 1. The smallest absolute Gasteiger partial charge is 0.377 e. The fraction of sp³-hybridized carbons (Fsp3) is 0.500. The van der Waals surface area contributed by atoms with E-state index in [1.54, 1.807) is 0 Å². The van der Waals surface area contributed by atoms with E-state index < -0.39 is 53.5 Å². The predicted octanol–water partition coefficient (Wildman–Crippen LogP) is 1.96. The summed E-state index contributed by atoms with van der Waals surface area (Å²) in [7, 11) is 0. The Kier molecular flexibility index (Phi) is 5.41. The van der Waals surface area contributed by atoms with Crippen molar-refractivity contribution in [1.82, 2.24) is 19.7 Å². The third-order valence-electron chi connectivity index (χ3n) is 5.34. The number of morpholine rings is 1. The molecule has 2 aliphatic rings. The van der Waals surface area contributed by atoms with Crippen molar-refractivity contribution >= 4 is 5.91 Å². The number of amides is 1. The van der Waals surface area contributed by atoms with Gasteiger partial charge in [-0.1, -0.05) is 0 Å². The molecular formula is C18H17F6N5O2. The first kappa shape index (κ1) is 21.6. The minimum Gasteiger partial charge on any atom is -0.377 e. The lowest BCUT2D eigenvalue weighted by Gasteiger charge is -2.45. The Morgan fingerprint density at radius 2 is 1.87 bits per heavy atom. The molecule has 0 unspecified atom stereocenters. The first-order valence-corrected chi connectivity index (χ1v) is 9.34. The minimum atomic E-state index is -4.69. The Labute approximate surface area is 171 Å². The molecule has 1 saturated heterocycles. The van der Waals surface area contributed by atoms with Gasteiger partial charge < -0.3 is 19.9 Å². The van der Waals surface area contributed by atoms with E-state index in [4.69, 9.17) is 10.5 Å². The van der Waals surface area contributed by atoms with Crippen LogP contribution in [-0.4, -0.2) is 50.9 Å². The van der Waals surface area contributed by atoms with Crippen molar-refractivity contribution in [3.63, 3.8) is 0 Å². The van der Waals surface area contributed by atoms with Crippen LogP contribution in [0, 0.1) is 17.5 Å². The number of nitrogens with zero attached hydrogens (tertiary/aromatic N) is 4. The molecule has 2 aromatic rings. The van der Waals surface area contributed by atoms with E-state index in [1.165, 1.54) is 4.90 Å². The van der Waals surface area contributed by atoms with Gasteiger partial charge in [0.25, 0.3) is 0 Å². The number of ether oxygens (including phenoxy) is 1. The highest BCUT2D eigenvalue weighted by atomic mass is 19.4. The van der Waals surface area contributed by atoms with Gasteiger partial charge >= 0.3 is 6.18 Å². The first-order valence-electron chi connectivity index (χ1n) is 9.34. The van der Waals surface area contributed by atoms with E-state index in [9.17, 15) is 31.1 Å². The van der Waals surface area contributed by atoms with Gasteiger partial charge in [-0.2, -0.15) is 13.2 Å². The van der Waals surface area contributed by atoms with E-state index in [0.29, 0.717) is 12.1 Å². The molecule has 0 radical (unpaired) electrons. The normalized spacial score (nSPS) is 21.7. The highest BCUT2D eigenvalue weighted by Crippen LogP contribution is 2.37. The molecule has 1 amide bonds. The monoisotopic (exact) mass is 449 g/mol.